The summed E-state index contributed by atoms with van der Waals surface area (Å²) in [5.74, 6) is 0.0960. The molecule has 0 aromatic heterocycles. The van der Waals surface area contributed by atoms with Gasteiger partial charge in [-0.1, -0.05) is 6.07 Å². The first-order valence-electron chi connectivity index (χ1n) is 11.0. The van der Waals surface area contributed by atoms with E-state index in [4.69, 9.17) is 9.47 Å². The van der Waals surface area contributed by atoms with Crippen molar-refractivity contribution in [1.29, 1.82) is 0 Å². The van der Waals surface area contributed by atoms with E-state index in [0.717, 1.165) is 5.56 Å². The smallest absolute Gasteiger partial charge is 0.357 e. The lowest BCUT2D eigenvalue weighted by atomic mass is 10.1. The van der Waals surface area contributed by atoms with Gasteiger partial charge in [0.2, 0.25) is 0 Å². The van der Waals surface area contributed by atoms with Gasteiger partial charge in [0.05, 0.1) is 30.0 Å². The number of ether oxygens (including phenoxy) is 2. The zero-order valence-electron chi connectivity index (χ0n) is 20.0. The fourth-order valence-corrected chi connectivity index (χ4v) is 2.98. The standard InChI is InChI=1S/C27H24N4O5/c1-4-36-27(32)26(30-18-29-22-9-13-25(35-3)14-10-22)16-21-15-23(8-5-19(21)2)28-17-20-6-11-24(12-7-20)31(33)34/h5-17H,4H2,1-3H3/b26-16-,28-17?. The molecule has 0 heterocycles. The molecule has 9 heteroatoms. The molecule has 0 radical (unpaired) electrons. The Kier molecular flexibility index (Phi) is 8.97. The first kappa shape index (κ1) is 25.7. The maximum atomic E-state index is 12.5. The van der Waals surface area contributed by atoms with Crippen LogP contribution in [0, 0.1) is 17.0 Å². The maximum Gasteiger partial charge on any atom is 0.357 e. The third kappa shape index (κ3) is 7.31. The summed E-state index contributed by atoms with van der Waals surface area (Å²) in [5, 5.41) is 10.8. The summed E-state index contributed by atoms with van der Waals surface area (Å²) in [6, 6.07) is 21.1. The molecule has 0 saturated heterocycles. The predicted octanol–water partition coefficient (Wildman–Crippen LogP) is 6.07. The number of aryl methyl sites for hydroxylation is 1. The van der Waals surface area contributed by atoms with Gasteiger partial charge in [0.15, 0.2) is 5.70 Å². The van der Waals surface area contributed by atoms with Crippen molar-refractivity contribution < 1.29 is 19.2 Å². The average Bonchev–Trinajstić information content (AvgIpc) is 2.89. The summed E-state index contributed by atoms with van der Waals surface area (Å²) in [6.45, 7) is 3.80. The van der Waals surface area contributed by atoms with Gasteiger partial charge >= 0.3 is 5.97 Å². The largest absolute Gasteiger partial charge is 0.497 e. The molecule has 0 N–H and O–H groups in total. The Morgan fingerprint density at radius 1 is 1.06 bits per heavy atom. The Morgan fingerprint density at radius 2 is 1.75 bits per heavy atom. The Morgan fingerprint density at radius 3 is 2.39 bits per heavy atom. The summed E-state index contributed by atoms with van der Waals surface area (Å²) < 4.78 is 10.3. The van der Waals surface area contributed by atoms with Crippen LogP contribution in [-0.4, -0.2) is 36.8 Å². The van der Waals surface area contributed by atoms with E-state index in [1.165, 1.54) is 12.1 Å². The van der Waals surface area contributed by atoms with Gasteiger partial charge in [-0.2, -0.15) is 9.98 Å². The van der Waals surface area contributed by atoms with Crippen molar-refractivity contribution in [3.05, 3.63) is 99.2 Å². The van der Waals surface area contributed by atoms with Crippen LogP contribution in [0.2, 0.25) is 0 Å². The molecule has 182 valence electrons. The van der Waals surface area contributed by atoms with Crippen LogP contribution in [-0.2, 0) is 9.53 Å². The second kappa shape index (κ2) is 12.5. The van der Waals surface area contributed by atoms with Crippen molar-refractivity contribution in [2.75, 3.05) is 13.7 Å². The van der Waals surface area contributed by atoms with Crippen LogP contribution in [0.3, 0.4) is 0 Å². The lowest BCUT2D eigenvalue weighted by Gasteiger charge is -2.05. The monoisotopic (exact) mass is 484 g/mol. The second-order valence-electron chi connectivity index (χ2n) is 7.42. The van der Waals surface area contributed by atoms with E-state index in [-0.39, 0.29) is 18.0 Å². The molecule has 36 heavy (non-hydrogen) atoms. The Balaban J connectivity index is 1.88. The van der Waals surface area contributed by atoms with Crippen molar-refractivity contribution in [1.82, 2.24) is 0 Å². The summed E-state index contributed by atoms with van der Waals surface area (Å²) >= 11 is 0. The highest BCUT2D eigenvalue weighted by Gasteiger charge is 2.11. The number of methoxy groups -OCH3 is 1. The number of benzene rings is 3. The minimum Gasteiger partial charge on any atom is -0.497 e. The number of hydrogen-bond acceptors (Lipinski definition) is 8. The highest BCUT2D eigenvalue weighted by Crippen LogP contribution is 2.22. The van der Waals surface area contributed by atoms with E-state index in [1.54, 1.807) is 68.8 Å². The predicted molar refractivity (Wildman–Crippen MR) is 139 cm³/mol. The number of nitrogens with zero attached hydrogens (tertiary/aromatic N) is 4. The molecule has 0 aliphatic rings. The first-order chi connectivity index (χ1) is 17.4. The number of esters is 1. The topological polar surface area (TPSA) is 116 Å². The number of rotatable bonds is 9. The van der Waals surface area contributed by atoms with E-state index in [0.29, 0.717) is 28.3 Å². The minimum absolute atomic E-state index is 0.0116. The van der Waals surface area contributed by atoms with E-state index in [1.807, 2.05) is 19.1 Å². The molecular weight excluding hydrogens is 460 g/mol. The van der Waals surface area contributed by atoms with Crippen molar-refractivity contribution >= 4 is 41.3 Å². The van der Waals surface area contributed by atoms with Crippen molar-refractivity contribution in [3.8, 4) is 5.75 Å². The quantitative estimate of drug-likeness (QED) is 0.120. The summed E-state index contributed by atoms with van der Waals surface area (Å²) in [6.07, 6.45) is 3.20. The molecule has 0 aliphatic carbocycles. The molecule has 0 saturated carbocycles. The lowest BCUT2D eigenvalue weighted by molar-refractivity contribution is -0.384. The molecule has 0 fully saturated rings. The lowest BCUT2D eigenvalue weighted by Crippen LogP contribution is -2.06. The minimum atomic E-state index is -0.603. The summed E-state index contributed by atoms with van der Waals surface area (Å²) in [4.78, 5) is 35.5. The molecule has 9 nitrogen and oxygen atoms in total. The normalized spacial score (nSPS) is 11.0. The van der Waals surface area contributed by atoms with Gasteiger partial charge in [-0.25, -0.2) is 4.79 Å². The zero-order valence-corrected chi connectivity index (χ0v) is 20.0. The second-order valence-corrected chi connectivity index (χ2v) is 7.42. The van der Waals surface area contributed by atoms with Crippen LogP contribution in [0.4, 0.5) is 17.1 Å². The molecule has 0 atom stereocenters. The number of aliphatic imine (C=N–C) groups is 3. The fraction of sp³-hybridized carbons (Fsp3) is 0.148. The van der Waals surface area contributed by atoms with E-state index < -0.39 is 10.9 Å². The number of non-ortho nitro benzene ring substituents is 1. The van der Waals surface area contributed by atoms with E-state index >= 15 is 0 Å². The van der Waals surface area contributed by atoms with Gasteiger partial charge < -0.3 is 9.47 Å². The van der Waals surface area contributed by atoms with Crippen molar-refractivity contribution in [3.63, 3.8) is 0 Å². The molecule has 0 spiro atoms. The van der Waals surface area contributed by atoms with Crippen LogP contribution >= 0.6 is 0 Å². The van der Waals surface area contributed by atoms with Crippen LogP contribution in [0.1, 0.15) is 23.6 Å². The molecule has 3 aromatic rings. The van der Waals surface area contributed by atoms with Crippen molar-refractivity contribution in [2.45, 2.75) is 13.8 Å². The van der Waals surface area contributed by atoms with Gasteiger partial charge in [0.25, 0.3) is 5.69 Å². The Labute approximate surface area is 208 Å². The average molecular weight is 485 g/mol. The van der Waals surface area contributed by atoms with Crippen LogP contribution in [0.25, 0.3) is 6.08 Å². The van der Waals surface area contributed by atoms with Crippen LogP contribution in [0.5, 0.6) is 5.75 Å². The molecule has 0 bridgehead atoms. The molecule has 0 unspecified atom stereocenters. The van der Waals surface area contributed by atoms with Gasteiger partial charge in [0.1, 0.15) is 11.8 Å². The third-order valence-corrected chi connectivity index (χ3v) is 4.93. The Bertz CT molecular complexity index is 1350. The van der Waals surface area contributed by atoms with Gasteiger partial charge in [-0.3, -0.25) is 15.1 Å². The van der Waals surface area contributed by atoms with Crippen LogP contribution < -0.4 is 4.74 Å². The van der Waals surface area contributed by atoms with Gasteiger partial charge in [-0.05, 0) is 85.1 Å². The van der Waals surface area contributed by atoms with Crippen LogP contribution in [0.15, 0.2) is 87.4 Å². The van der Waals surface area contributed by atoms with Crippen molar-refractivity contribution in [2.24, 2.45) is 15.0 Å². The van der Waals surface area contributed by atoms with E-state index in [9.17, 15) is 14.9 Å². The molecule has 3 aromatic carbocycles. The molecule has 0 aliphatic heterocycles. The number of hydrogen-bond donors (Lipinski definition) is 0. The fourth-order valence-electron chi connectivity index (χ4n) is 2.98. The Hall–Kier alpha value is -4.88. The maximum absolute atomic E-state index is 12.5. The number of carbonyl (C=O) groups excluding carboxylic acids is 1. The number of carbonyl (C=O) groups is 1. The highest BCUT2D eigenvalue weighted by atomic mass is 16.6. The molecular formula is C27H24N4O5. The summed E-state index contributed by atoms with van der Waals surface area (Å²) in [5.41, 5.74) is 3.60. The third-order valence-electron chi connectivity index (χ3n) is 4.93. The molecule has 0 amide bonds. The van der Waals surface area contributed by atoms with Gasteiger partial charge in [0, 0.05) is 18.3 Å². The highest BCUT2D eigenvalue weighted by molar-refractivity contribution is 5.95. The van der Waals surface area contributed by atoms with E-state index in [2.05, 4.69) is 21.0 Å². The SMILES string of the molecule is CCOC(=O)/C(=C/c1cc(N=Cc2ccc([N+](=O)[O-])cc2)ccc1C)N=C=Nc1ccc(OC)cc1. The zero-order chi connectivity index (χ0) is 25.9. The first-order valence-corrected chi connectivity index (χ1v) is 11.0. The van der Waals surface area contributed by atoms with Gasteiger partial charge in [-0.15, -0.1) is 0 Å². The number of nitro groups is 1. The number of nitro benzene ring substituents is 1. The summed E-state index contributed by atoms with van der Waals surface area (Å²) in [7, 11) is 1.58. The molecule has 3 rings (SSSR count).